The molecular formula is C15H19NO3S. The van der Waals surface area contributed by atoms with Gasteiger partial charge in [-0.15, -0.1) is 11.3 Å². The molecule has 0 aliphatic heterocycles. The quantitative estimate of drug-likeness (QED) is 0.911. The number of ether oxygens (including phenoxy) is 1. The molecule has 0 fully saturated rings. The molecule has 0 saturated heterocycles. The van der Waals surface area contributed by atoms with Crippen LogP contribution in [0.5, 0.6) is 5.75 Å². The number of amides is 1. The van der Waals surface area contributed by atoms with E-state index in [1.54, 1.807) is 21.0 Å². The summed E-state index contributed by atoms with van der Waals surface area (Å²) in [5.74, 6) is 0.631. The summed E-state index contributed by atoms with van der Waals surface area (Å²) in [5.41, 5.74) is 0.0286. The van der Waals surface area contributed by atoms with Crippen LogP contribution < -0.4 is 10.1 Å². The molecule has 0 aliphatic rings. The second-order valence-corrected chi connectivity index (χ2v) is 6.47. The summed E-state index contributed by atoms with van der Waals surface area (Å²) >= 11 is 1.45. The number of thiophene rings is 1. The van der Waals surface area contributed by atoms with Crippen molar-refractivity contribution in [2.75, 3.05) is 13.7 Å². The van der Waals surface area contributed by atoms with E-state index in [0.29, 0.717) is 4.88 Å². The fourth-order valence-corrected chi connectivity index (χ4v) is 3.03. The van der Waals surface area contributed by atoms with Gasteiger partial charge in [-0.1, -0.05) is 0 Å². The third kappa shape index (κ3) is 3.11. The Kier molecular flexibility index (Phi) is 4.01. The Morgan fingerprint density at radius 3 is 2.75 bits per heavy atom. The van der Waals surface area contributed by atoms with Crippen molar-refractivity contribution in [3.05, 3.63) is 28.6 Å². The number of benzene rings is 1. The number of carbonyl (C=O) groups excluding carboxylic acids is 1. The number of fused-ring (bicyclic) bond motifs is 1. The molecule has 108 valence electrons. The molecule has 0 bridgehead atoms. The van der Waals surface area contributed by atoms with Gasteiger partial charge in [-0.25, -0.2) is 0 Å². The number of hydrogen-bond acceptors (Lipinski definition) is 4. The number of aliphatic hydroxyl groups is 1. The molecule has 2 aromatic rings. The minimum Gasteiger partial charge on any atom is -0.497 e. The summed E-state index contributed by atoms with van der Waals surface area (Å²) < 4.78 is 6.26. The summed E-state index contributed by atoms with van der Waals surface area (Å²) in [6, 6.07) is 5.78. The van der Waals surface area contributed by atoms with E-state index >= 15 is 0 Å². The number of nitrogens with one attached hydrogen (secondary N) is 1. The fourth-order valence-electron chi connectivity index (χ4n) is 1.92. The lowest BCUT2D eigenvalue weighted by atomic mass is 10.1. The van der Waals surface area contributed by atoms with Crippen LogP contribution >= 0.6 is 11.3 Å². The van der Waals surface area contributed by atoms with Crippen LogP contribution in [0.4, 0.5) is 0 Å². The molecule has 0 aliphatic carbocycles. The second-order valence-electron chi connectivity index (χ2n) is 5.41. The molecule has 1 aromatic carbocycles. The largest absolute Gasteiger partial charge is 0.497 e. The molecule has 0 spiro atoms. The van der Waals surface area contributed by atoms with Crippen molar-refractivity contribution in [3.8, 4) is 5.75 Å². The zero-order valence-corrected chi connectivity index (χ0v) is 12.9. The van der Waals surface area contributed by atoms with Crippen molar-refractivity contribution < 1.29 is 14.6 Å². The maximum Gasteiger partial charge on any atom is 0.261 e. The van der Waals surface area contributed by atoms with Crippen LogP contribution in [0.2, 0.25) is 0 Å². The highest BCUT2D eigenvalue weighted by Gasteiger charge is 2.19. The molecule has 2 N–H and O–H groups in total. The smallest absolute Gasteiger partial charge is 0.261 e. The second kappa shape index (κ2) is 5.42. The highest BCUT2D eigenvalue weighted by Crippen LogP contribution is 2.33. The molecule has 4 nitrogen and oxygen atoms in total. The number of rotatable bonds is 4. The van der Waals surface area contributed by atoms with E-state index in [9.17, 15) is 9.90 Å². The van der Waals surface area contributed by atoms with E-state index < -0.39 is 5.60 Å². The Hall–Kier alpha value is -1.59. The van der Waals surface area contributed by atoms with Gasteiger partial charge in [0.05, 0.1) is 17.6 Å². The van der Waals surface area contributed by atoms with Crippen LogP contribution in [0.3, 0.4) is 0 Å². The molecule has 5 heteroatoms. The van der Waals surface area contributed by atoms with E-state index in [4.69, 9.17) is 4.74 Å². The van der Waals surface area contributed by atoms with Gasteiger partial charge in [0, 0.05) is 11.2 Å². The lowest BCUT2D eigenvalue weighted by Crippen LogP contribution is -2.38. The summed E-state index contributed by atoms with van der Waals surface area (Å²) in [6.45, 7) is 5.48. The minimum atomic E-state index is -0.913. The first kappa shape index (κ1) is 14.8. The van der Waals surface area contributed by atoms with E-state index in [1.165, 1.54) is 11.3 Å². The van der Waals surface area contributed by atoms with Gasteiger partial charge in [-0.2, -0.15) is 0 Å². The van der Waals surface area contributed by atoms with Gasteiger partial charge >= 0.3 is 0 Å². The number of methoxy groups -OCH3 is 1. The predicted molar refractivity (Wildman–Crippen MR) is 81.7 cm³/mol. The van der Waals surface area contributed by atoms with Crippen LogP contribution in [0.1, 0.15) is 29.1 Å². The van der Waals surface area contributed by atoms with Gasteiger partial charge in [0.2, 0.25) is 0 Å². The van der Waals surface area contributed by atoms with E-state index in [2.05, 4.69) is 5.32 Å². The van der Waals surface area contributed by atoms with Crippen LogP contribution in [-0.4, -0.2) is 30.3 Å². The third-order valence-corrected chi connectivity index (χ3v) is 4.30. The van der Waals surface area contributed by atoms with Crippen molar-refractivity contribution in [2.45, 2.75) is 26.4 Å². The Bertz CT molecular complexity index is 640. The van der Waals surface area contributed by atoms with Crippen molar-refractivity contribution in [1.82, 2.24) is 5.32 Å². The van der Waals surface area contributed by atoms with E-state index in [1.807, 2.05) is 25.1 Å². The monoisotopic (exact) mass is 293 g/mol. The molecule has 0 radical (unpaired) electrons. The Morgan fingerprint density at radius 1 is 1.45 bits per heavy atom. The van der Waals surface area contributed by atoms with Gasteiger partial charge in [-0.05, 0) is 49.9 Å². The van der Waals surface area contributed by atoms with Crippen molar-refractivity contribution in [1.29, 1.82) is 0 Å². The first-order chi connectivity index (χ1) is 9.31. The maximum absolute atomic E-state index is 12.2. The normalized spacial score (nSPS) is 11.7. The van der Waals surface area contributed by atoms with Gasteiger partial charge in [0.25, 0.3) is 5.91 Å². The Labute approximate surface area is 122 Å². The van der Waals surface area contributed by atoms with Gasteiger partial charge in [-0.3, -0.25) is 4.79 Å². The van der Waals surface area contributed by atoms with Crippen LogP contribution in [-0.2, 0) is 0 Å². The number of hydrogen-bond donors (Lipinski definition) is 2. The molecule has 1 aromatic heterocycles. The molecule has 2 rings (SSSR count). The number of carbonyl (C=O) groups is 1. The van der Waals surface area contributed by atoms with E-state index in [0.717, 1.165) is 21.4 Å². The SMILES string of the molecule is COc1ccc2sc(C(=O)NCC(C)(C)O)c(C)c2c1. The lowest BCUT2D eigenvalue weighted by molar-refractivity contribution is 0.0696. The Balaban J connectivity index is 2.30. The highest BCUT2D eigenvalue weighted by molar-refractivity contribution is 7.21. The Morgan fingerprint density at radius 2 is 2.15 bits per heavy atom. The average Bonchev–Trinajstić information content (AvgIpc) is 2.72. The summed E-state index contributed by atoms with van der Waals surface area (Å²) in [6.07, 6.45) is 0. The lowest BCUT2D eigenvalue weighted by Gasteiger charge is -2.17. The average molecular weight is 293 g/mol. The molecule has 1 amide bonds. The highest BCUT2D eigenvalue weighted by atomic mass is 32.1. The standard InChI is InChI=1S/C15H19NO3S/c1-9-11-7-10(19-4)5-6-12(11)20-13(9)14(17)16-8-15(2,3)18/h5-7,18H,8H2,1-4H3,(H,16,17). The summed E-state index contributed by atoms with van der Waals surface area (Å²) in [5, 5.41) is 13.5. The molecule has 0 unspecified atom stereocenters. The van der Waals surface area contributed by atoms with Crippen LogP contribution in [0.15, 0.2) is 18.2 Å². The molecule has 0 saturated carbocycles. The van der Waals surface area contributed by atoms with Gasteiger partial charge in [0.1, 0.15) is 5.75 Å². The zero-order chi connectivity index (χ0) is 14.9. The van der Waals surface area contributed by atoms with Crippen LogP contribution in [0.25, 0.3) is 10.1 Å². The van der Waals surface area contributed by atoms with Gasteiger partial charge < -0.3 is 15.2 Å². The summed E-state index contributed by atoms with van der Waals surface area (Å²) in [7, 11) is 1.62. The minimum absolute atomic E-state index is 0.148. The fraction of sp³-hybridized carbons (Fsp3) is 0.400. The van der Waals surface area contributed by atoms with Crippen molar-refractivity contribution >= 4 is 27.3 Å². The molecule has 1 heterocycles. The predicted octanol–water partition coefficient (Wildman–Crippen LogP) is 2.72. The maximum atomic E-state index is 12.2. The van der Waals surface area contributed by atoms with Crippen molar-refractivity contribution in [2.24, 2.45) is 0 Å². The van der Waals surface area contributed by atoms with Gasteiger partial charge in [0.15, 0.2) is 0 Å². The molecular weight excluding hydrogens is 274 g/mol. The first-order valence-corrected chi connectivity index (χ1v) is 7.21. The first-order valence-electron chi connectivity index (χ1n) is 6.39. The molecule has 20 heavy (non-hydrogen) atoms. The van der Waals surface area contributed by atoms with Crippen molar-refractivity contribution in [3.63, 3.8) is 0 Å². The van der Waals surface area contributed by atoms with E-state index in [-0.39, 0.29) is 12.5 Å². The topological polar surface area (TPSA) is 58.6 Å². The third-order valence-electron chi connectivity index (χ3n) is 3.03. The molecule has 0 atom stereocenters. The van der Waals surface area contributed by atoms with Crippen LogP contribution in [0, 0.1) is 6.92 Å². The summed E-state index contributed by atoms with van der Waals surface area (Å²) in [4.78, 5) is 12.9. The zero-order valence-electron chi connectivity index (χ0n) is 12.1. The number of aryl methyl sites for hydroxylation is 1.